The lowest BCUT2D eigenvalue weighted by atomic mass is 10.0. The Bertz CT molecular complexity index is 210. The number of ether oxygens (including phenoxy) is 1. The molecule has 0 aromatic heterocycles. The first-order valence-electron chi connectivity index (χ1n) is 6.84. The van der Waals surface area contributed by atoms with Crippen molar-refractivity contribution in [2.24, 2.45) is 5.92 Å². The number of rotatable bonds is 4. The summed E-state index contributed by atoms with van der Waals surface area (Å²) in [4.78, 5) is 2.66. The van der Waals surface area contributed by atoms with E-state index < -0.39 is 0 Å². The zero-order valence-electron chi connectivity index (χ0n) is 10.7. The second-order valence-electron chi connectivity index (χ2n) is 5.22. The van der Waals surface area contributed by atoms with Crippen LogP contribution in [0.5, 0.6) is 0 Å². The molecule has 3 unspecified atom stereocenters. The summed E-state index contributed by atoms with van der Waals surface area (Å²) in [5, 5.41) is 3.48. The summed E-state index contributed by atoms with van der Waals surface area (Å²) < 4.78 is 5.56. The van der Waals surface area contributed by atoms with Crippen molar-refractivity contribution in [1.29, 1.82) is 0 Å². The monoisotopic (exact) mass is 226 g/mol. The highest BCUT2D eigenvalue weighted by atomic mass is 16.5. The smallest absolute Gasteiger partial charge is 0.0622 e. The molecular weight excluding hydrogens is 200 g/mol. The molecule has 0 amide bonds. The number of morpholine rings is 1. The van der Waals surface area contributed by atoms with Crippen molar-refractivity contribution in [1.82, 2.24) is 10.2 Å². The molecule has 0 bridgehead atoms. The van der Waals surface area contributed by atoms with Crippen LogP contribution >= 0.6 is 0 Å². The quantitative estimate of drug-likeness (QED) is 0.786. The average molecular weight is 226 g/mol. The van der Waals surface area contributed by atoms with Crippen LogP contribution in [0.3, 0.4) is 0 Å². The Morgan fingerprint density at radius 1 is 1.38 bits per heavy atom. The van der Waals surface area contributed by atoms with E-state index in [-0.39, 0.29) is 0 Å². The predicted molar refractivity (Wildman–Crippen MR) is 66.7 cm³/mol. The summed E-state index contributed by atoms with van der Waals surface area (Å²) in [5.41, 5.74) is 0. The third-order valence-electron chi connectivity index (χ3n) is 4.32. The number of hydrogen-bond acceptors (Lipinski definition) is 3. The molecule has 3 atom stereocenters. The van der Waals surface area contributed by atoms with E-state index in [0.717, 1.165) is 31.7 Å². The largest absolute Gasteiger partial charge is 0.378 e. The molecule has 1 N–H and O–H groups in total. The van der Waals surface area contributed by atoms with E-state index in [0.29, 0.717) is 6.04 Å². The van der Waals surface area contributed by atoms with Gasteiger partial charge in [-0.25, -0.2) is 0 Å². The summed E-state index contributed by atoms with van der Waals surface area (Å²) >= 11 is 0. The topological polar surface area (TPSA) is 24.5 Å². The molecule has 3 nitrogen and oxygen atoms in total. The molecular formula is C13H26N2O. The molecule has 94 valence electrons. The molecule has 2 rings (SSSR count). The second-order valence-corrected chi connectivity index (χ2v) is 5.22. The summed E-state index contributed by atoms with van der Waals surface area (Å²) in [7, 11) is 2.11. The summed E-state index contributed by atoms with van der Waals surface area (Å²) in [6.45, 7) is 6.54. The zero-order valence-corrected chi connectivity index (χ0v) is 10.7. The van der Waals surface area contributed by atoms with Gasteiger partial charge in [0.15, 0.2) is 0 Å². The molecule has 1 saturated carbocycles. The molecule has 3 heteroatoms. The third kappa shape index (κ3) is 2.76. The van der Waals surface area contributed by atoms with Crippen LogP contribution in [-0.2, 0) is 4.74 Å². The lowest BCUT2D eigenvalue weighted by Crippen LogP contribution is -2.49. The highest BCUT2D eigenvalue weighted by Crippen LogP contribution is 2.27. The third-order valence-corrected chi connectivity index (χ3v) is 4.32. The number of nitrogens with zero attached hydrogens (tertiary/aromatic N) is 1. The molecule has 1 aliphatic carbocycles. The van der Waals surface area contributed by atoms with Gasteiger partial charge in [0, 0.05) is 25.2 Å². The Balaban J connectivity index is 1.86. The molecule has 2 fully saturated rings. The summed E-state index contributed by atoms with van der Waals surface area (Å²) in [6.07, 6.45) is 5.38. The minimum absolute atomic E-state index is 0.659. The Morgan fingerprint density at radius 2 is 2.25 bits per heavy atom. The van der Waals surface area contributed by atoms with Crippen LogP contribution in [0.4, 0.5) is 0 Å². The van der Waals surface area contributed by atoms with Crippen LogP contribution in [0.2, 0.25) is 0 Å². The molecule has 0 aromatic rings. The first-order valence-corrected chi connectivity index (χ1v) is 6.84. The van der Waals surface area contributed by atoms with Crippen molar-refractivity contribution in [3.63, 3.8) is 0 Å². The second kappa shape index (κ2) is 5.99. The maximum Gasteiger partial charge on any atom is 0.0622 e. The highest BCUT2D eigenvalue weighted by Gasteiger charge is 2.30. The van der Waals surface area contributed by atoms with Gasteiger partial charge < -0.3 is 10.1 Å². The van der Waals surface area contributed by atoms with Crippen molar-refractivity contribution in [3.05, 3.63) is 0 Å². The summed E-state index contributed by atoms with van der Waals surface area (Å²) in [6, 6.07) is 1.41. The van der Waals surface area contributed by atoms with Crippen LogP contribution in [0.25, 0.3) is 0 Å². The molecule has 0 aromatic carbocycles. The molecule has 1 saturated heterocycles. The Morgan fingerprint density at radius 3 is 3.00 bits per heavy atom. The van der Waals surface area contributed by atoms with E-state index in [1.54, 1.807) is 0 Å². The maximum atomic E-state index is 5.56. The van der Waals surface area contributed by atoms with Gasteiger partial charge in [-0.05, 0) is 32.2 Å². The lowest BCUT2D eigenvalue weighted by Gasteiger charge is -2.37. The Hall–Kier alpha value is -0.120. The predicted octanol–water partition coefficient (Wildman–Crippen LogP) is 1.49. The van der Waals surface area contributed by atoms with Crippen molar-refractivity contribution in [2.75, 3.05) is 33.4 Å². The van der Waals surface area contributed by atoms with Crippen LogP contribution < -0.4 is 5.32 Å². The van der Waals surface area contributed by atoms with Crippen molar-refractivity contribution < 1.29 is 4.74 Å². The van der Waals surface area contributed by atoms with Crippen LogP contribution in [0, 0.1) is 5.92 Å². The van der Waals surface area contributed by atoms with Crippen LogP contribution in [0.1, 0.15) is 32.6 Å². The van der Waals surface area contributed by atoms with Gasteiger partial charge in [-0.3, -0.25) is 4.90 Å². The standard InChI is InChI=1S/C13H26N2O/c1-3-12-10-16-8-7-15(12)9-11-5-4-6-13(11)14-2/h11-14H,3-10H2,1-2H3. The molecule has 0 spiro atoms. The van der Waals surface area contributed by atoms with Gasteiger partial charge in [0.2, 0.25) is 0 Å². The van der Waals surface area contributed by atoms with Crippen molar-refractivity contribution >= 4 is 0 Å². The molecule has 16 heavy (non-hydrogen) atoms. The maximum absolute atomic E-state index is 5.56. The fourth-order valence-corrected chi connectivity index (χ4v) is 3.24. The SMILES string of the molecule is CCC1COCCN1CC1CCCC1NC. The van der Waals surface area contributed by atoms with Gasteiger partial charge in [0.1, 0.15) is 0 Å². The first-order chi connectivity index (χ1) is 7.85. The van der Waals surface area contributed by atoms with E-state index in [9.17, 15) is 0 Å². The van der Waals surface area contributed by atoms with Gasteiger partial charge in [0.25, 0.3) is 0 Å². The number of nitrogens with one attached hydrogen (secondary N) is 1. The fraction of sp³-hybridized carbons (Fsp3) is 1.00. The fourth-order valence-electron chi connectivity index (χ4n) is 3.24. The average Bonchev–Trinajstić information content (AvgIpc) is 2.77. The normalized spacial score (nSPS) is 36.8. The van der Waals surface area contributed by atoms with Gasteiger partial charge in [-0.1, -0.05) is 13.3 Å². The molecule has 0 radical (unpaired) electrons. The summed E-state index contributed by atoms with van der Waals surface area (Å²) in [5.74, 6) is 0.858. The number of hydrogen-bond donors (Lipinski definition) is 1. The van der Waals surface area contributed by atoms with Gasteiger partial charge >= 0.3 is 0 Å². The Labute approximate surface area is 99.5 Å². The minimum Gasteiger partial charge on any atom is -0.378 e. The van der Waals surface area contributed by atoms with Gasteiger partial charge in [0.05, 0.1) is 13.2 Å². The first kappa shape index (κ1) is 12.3. The Kier molecular flexibility index (Phi) is 4.62. The van der Waals surface area contributed by atoms with E-state index in [2.05, 4.69) is 24.2 Å². The van der Waals surface area contributed by atoms with Crippen LogP contribution in [-0.4, -0.2) is 50.3 Å². The van der Waals surface area contributed by atoms with E-state index in [1.807, 2.05) is 0 Å². The van der Waals surface area contributed by atoms with Crippen molar-refractivity contribution in [3.8, 4) is 0 Å². The molecule has 1 aliphatic heterocycles. The lowest BCUT2D eigenvalue weighted by molar-refractivity contribution is -0.0164. The minimum atomic E-state index is 0.659. The molecule has 1 heterocycles. The molecule has 2 aliphatic rings. The van der Waals surface area contributed by atoms with E-state index in [4.69, 9.17) is 4.74 Å². The van der Waals surface area contributed by atoms with Gasteiger partial charge in [-0.15, -0.1) is 0 Å². The van der Waals surface area contributed by atoms with E-state index >= 15 is 0 Å². The highest BCUT2D eigenvalue weighted by molar-refractivity contribution is 4.86. The van der Waals surface area contributed by atoms with Crippen molar-refractivity contribution in [2.45, 2.75) is 44.7 Å². The van der Waals surface area contributed by atoms with Gasteiger partial charge in [-0.2, -0.15) is 0 Å². The zero-order chi connectivity index (χ0) is 11.4. The van der Waals surface area contributed by atoms with Crippen LogP contribution in [0.15, 0.2) is 0 Å². The van der Waals surface area contributed by atoms with E-state index in [1.165, 1.54) is 32.2 Å².